The molecule has 8 N–H and O–H groups in total. The van der Waals surface area contributed by atoms with Gasteiger partial charge in [-0.2, -0.15) is 0 Å². The maximum atomic E-state index is 13.2. The zero-order chi connectivity index (χ0) is 26.2. The summed E-state index contributed by atoms with van der Waals surface area (Å²) in [5.41, 5.74) is 7.35. The number of aliphatic carboxylic acids is 1. The van der Waals surface area contributed by atoms with Crippen molar-refractivity contribution in [3.8, 4) is 5.75 Å². The molecule has 13 nitrogen and oxygen atoms in total. The first kappa shape index (κ1) is 26.6. The lowest BCUT2D eigenvalue weighted by molar-refractivity contribution is -0.144. The molecule has 3 amide bonds. The smallest absolute Gasteiger partial charge is 0.328 e. The van der Waals surface area contributed by atoms with E-state index in [1.807, 2.05) is 0 Å². The highest BCUT2D eigenvalue weighted by molar-refractivity contribution is 5.94. The number of phenols is 1. The van der Waals surface area contributed by atoms with E-state index in [0.29, 0.717) is 30.6 Å². The molecule has 2 aromatic rings. The predicted molar refractivity (Wildman–Crippen MR) is 125 cm³/mol. The summed E-state index contributed by atoms with van der Waals surface area (Å²) in [6.45, 7) is -0.506. The Bertz CT molecular complexity index is 1060. The number of aromatic nitrogens is 2. The number of aromatic amines is 1. The number of nitrogens with zero attached hydrogens (tertiary/aromatic N) is 2. The van der Waals surface area contributed by atoms with Crippen molar-refractivity contribution in [1.82, 2.24) is 25.5 Å². The Kier molecular flexibility index (Phi) is 8.97. The molecular formula is C23H30N6O7. The Balaban J connectivity index is 1.73. The minimum Gasteiger partial charge on any atom is -0.508 e. The number of aromatic hydroxyl groups is 1. The van der Waals surface area contributed by atoms with Crippen LogP contribution in [0, 0.1) is 0 Å². The molecule has 194 valence electrons. The fourth-order valence-electron chi connectivity index (χ4n) is 4.04. The number of carboxylic acids is 1. The second-order valence-corrected chi connectivity index (χ2v) is 8.59. The van der Waals surface area contributed by atoms with Gasteiger partial charge in [-0.15, -0.1) is 0 Å². The van der Waals surface area contributed by atoms with Crippen LogP contribution in [0.2, 0.25) is 0 Å². The monoisotopic (exact) mass is 502 g/mol. The van der Waals surface area contributed by atoms with Gasteiger partial charge >= 0.3 is 5.97 Å². The van der Waals surface area contributed by atoms with Crippen molar-refractivity contribution in [2.75, 3.05) is 13.2 Å². The largest absolute Gasteiger partial charge is 0.508 e. The SMILES string of the molecule is NC(Cc1cnc[nH]1)C(=O)N1CCCC1C(=O)NC(Cc1ccc(O)cc1)C(=O)NC(CO)C(=O)O. The molecule has 1 aliphatic rings. The Morgan fingerprint density at radius 2 is 1.86 bits per heavy atom. The highest BCUT2D eigenvalue weighted by Crippen LogP contribution is 2.20. The van der Waals surface area contributed by atoms with Gasteiger partial charge in [-0.1, -0.05) is 12.1 Å². The van der Waals surface area contributed by atoms with Crippen LogP contribution in [-0.2, 0) is 32.0 Å². The number of hydrogen-bond donors (Lipinski definition) is 7. The highest BCUT2D eigenvalue weighted by Gasteiger charge is 2.38. The molecule has 1 aromatic carbocycles. The third-order valence-corrected chi connectivity index (χ3v) is 5.96. The quantitative estimate of drug-likeness (QED) is 0.186. The first-order valence-corrected chi connectivity index (χ1v) is 11.4. The molecule has 4 atom stereocenters. The van der Waals surface area contributed by atoms with E-state index in [-0.39, 0.29) is 18.6 Å². The summed E-state index contributed by atoms with van der Waals surface area (Å²) in [6.07, 6.45) is 4.18. The van der Waals surface area contributed by atoms with E-state index in [1.54, 1.807) is 18.3 Å². The molecular weight excluding hydrogens is 472 g/mol. The number of carboxylic acid groups (broad SMARTS) is 1. The lowest BCUT2D eigenvalue weighted by Gasteiger charge is -2.28. The fraction of sp³-hybridized carbons (Fsp3) is 0.435. The van der Waals surface area contributed by atoms with E-state index in [0.717, 1.165) is 0 Å². The van der Waals surface area contributed by atoms with Crippen LogP contribution in [0.5, 0.6) is 5.75 Å². The van der Waals surface area contributed by atoms with E-state index in [1.165, 1.54) is 23.4 Å². The van der Waals surface area contributed by atoms with Crippen LogP contribution < -0.4 is 16.4 Å². The number of phenolic OH excluding ortho intramolecular Hbond substituents is 1. The number of carbonyl (C=O) groups excluding carboxylic acids is 3. The van der Waals surface area contributed by atoms with Gasteiger partial charge in [0.1, 0.15) is 23.9 Å². The number of benzene rings is 1. The fourth-order valence-corrected chi connectivity index (χ4v) is 4.04. The van der Waals surface area contributed by atoms with Gasteiger partial charge < -0.3 is 41.6 Å². The molecule has 0 spiro atoms. The minimum absolute atomic E-state index is 0.0154. The summed E-state index contributed by atoms with van der Waals surface area (Å²) in [6, 6.07) is 1.44. The van der Waals surface area contributed by atoms with Crippen LogP contribution in [0.3, 0.4) is 0 Å². The molecule has 0 bridgehead atoms. The summed E-state index contributed by atoms with van der Waals surface area (Å²) in [7, 11) is 0. The summed E-state index contributed by atoms with van der Waals surface area (Å²) in [5, 5.41) is 32.8. The molecule has 3 rings (SSSR count). The number of aliphatic hydroxyl groups is 1. The Morgan fingerprint density at radius 1 is 1.14 bits per heavy atom. The van der Waals surface area contributed by atoms with Crippen LogP contribution in [0.4, 0.5) is 0 Å². The number of nitrogens with one attached hydrogen (secondary N) is 3. The zero-order valence-corrected chi connectivity index (χ0v) is 19.5. The first-order chi connectivity index (χ1) is 17.2. The number of nitrogens with two attached hydrogens (primary N) is 1. The number of likely N-dealkylation sites (tertiary alicyclic amines) is 1. The van der Waals surface area contributed by atoms with E-state index < -0.39 is 54.5 Å². The molecule has 36 heavy (non-hydrogen) atoms. The number of aliphatic hydroxyl groups excluding tert-OH is 1. The number of hydrogen-bond acceptors (Lipinski definition) is 8. The van der Waals surface area contributed by atoms with Gasteiger partial charge in [-0.25, -0.2) is 9.78 Å². The molecule has 0 saturated carbocycles. The van der Waals surface area contributed by atoms with E-state index >= 15 is 0 Å². The van der Waals surface area contributed by atoms with Gasteiger partial charge in [-0.3, -0.25) is 14.4 Å². The number of H-pyrrole nitrogens is 1. The van der Waals surface area contributed by atoms with Crippen molar-refractivity contribution < 1.29 is 34.5 Å². The molecule has 1 saturated heterocycles. The van der Waals surface area contributed by atoms with Gasteiger partial charge in [0.2, 0.25) is 17.7 Å². The van der Waals surface area contributed by atoms with Crippen molar-refractivity contribution in [1.29, 1.82) is 0 Å². The molecule has 1 fully saturated rings. The van der Waals surface area contributed by atoms with Crippen LogP contribution in [0.1, 0.15) is 24.1 Å². The lowest BCUT2D eigenvalue weighted by Crippen LogP contribution is -2.57. The van der Waals surface area contributed by atoms with Crippen molar-refractivity contribution in [3.63, 3.8) is 0 Å². The normalized spacial score (nSPS) is 17.7. The van der Waals surface area contributed by atoms with Crippen molar-refractivity contribution in [2.45, 2.75) is 49.9 Å². The third-order valence-electron chi connectivity index (χ3n) is 5.96. The first-order valence-electron chi connectivity index (χ1n) is 11.4. The predicted octanol–water partition coefficient (Wildman–Crippen LogP) is -1.73. The molecule has 0 aliphatic carbocycles. The number of imidazole rings is 1. The van der Waals surface area contributed by atoms with Crippen LogP contribution in [0.25, 0.3) is 0 Å². The van der Waals surface area contributed by atoms with E-state index in [2.05, 4.69) is 20.6 Å². The number of carbonyl (C=O) groups is 4. The maximum Gasteiger partial charge on any atom is 0.328 e. The van der Waals surface area contributed by atoms with Crippen molar-refractivity contribution >= 4 is 23.7 Å². The molecule has 0 radical (unpaired) electrons. The molecule has 2 heterocycles. The number of amides is 3. The second kappa shape index (κ2) is 12.1. The standard InChI is InChI=1S/C23H30N6O7/c24-16(9-14-10-25-12-26-14)22(34)29-7-1-2-19(29)21(33)27-17(8-13-3-5-15(31)6-4-13)20(32)28-18(11-30)23(35)36/h3-6,10,12,16-19,30-31H,1-2,7-9,11,24H2,(H,25,26)(H,27,33)(H,28,32)(H,35,36). The Morgan fingerprint density at radius 3 is 2.47 bits per heavy atom. The average molecular weight is 503 g/mol. The molecule has 4 unspecified atom stereocenters. The van der Waals surface area contributed by atoms with Gasteiger partial charge in [0.15, 0.2) is 0 Å². The molecule has 1 aromatic heterocycles. The third kappa shape index (κ3) is 6.79. The molecule has 13 heteroatoms. The van der Waals surface area contributed by atoms with Gasteiger partial charge in [0.25, 0.3) is 0 Å². The summed E-state index contributed by atoms with van der Waals surface area (Å²) in [4.78, 5) is 58.5. The van der Waals surface area contributed by atoms with Gasteiger partial charge in [0.05, 0.1) is 19.0 Å². The summed E-state index contributed by atoms with van der Waals surface area (Å²) < 4.78 is 0. The number of rotatable bonds is 11. The van der Waals surface area contributed by atoms with Crippen molar-refractivity contribution in [2.24, 2.45) is 5.73 Å². The summed E-state index contributed by atoms with van der Waals surface area (Å²) >= 11 is 0. The maximum absolute atomic E-state index is 13.2. The Hall–Kier alpha value is -3.97. The van der Waals surface area contributed by atoms with E-state index in [9.17, 15) is 29.4 Å². The lowest BCUT2D eigenvalue weighted by atomic mass is 10.0. The van der Waals surface area contributed by atoms with Crippen molar-refractivity contribution in [3.05, 3.63) is 48.0 Å². The topological polar surface area (TPSA) is 211 Å². The zero-order valence-electron chi connectivity index (χ0n) is 19.5. The molecule has 1 aliphatic heterocycles. The van der Waals surface area contributed by atoms with Gasteiger partial charge in [0, 0.05) is 31.3 Å². The average Bonchev–Trinajstić information content (AvgIpc) is 3.55. The second-order valence-electron chi connectivity index (χ2n) is 8.59. The highest BCUT2D eigenvalue weighted by atomic mass is 16.4. The van der Waals surface area contributed by atoms with Crippen LogP contribution >= 0.6 is 0 Å². The summed E-state index contributed by atoms with van der Waals surface area (Å²) in [5.74, 6) is -3.22. The van der Waals surface area contributed by atoms with Crippen LogP contribution in [-0.4, -0.2) is 91.2 Å². The Labute approximate surface area is 206 Å². The minimum atomic E-state index is -1.55. The van der Waals surface area contributed by atoms with E-state index in [4.69, 9.17) is 10.8 Å². The van der Waals surface area contributed by atoms with Crippen LogP contribution in [0.15, 0.2) is 36.8 Å². The van der Waals surface area contributed by atoms with Gasteiger partial charge in [-0.05, 0) is 30.5 Å².